The predicted molar refractivity (Wildman–Crippen MR) is 130 cm³/mol. The van der Waals surface area contributed by atoms with Crippen LogP contribution in [0.5, 0.6) is 0 Å². The average molecular weight is 716 g/mol. The molecule has 10 nitrogen and oxygen atoms in total. The quantitative estimate of drug-likeness (QED) is 0.122. The van der Waals surface area contributed by atoms with Gasteiger partial charge in [0.1, 0.15) is 5.78 Å². The molecule has 34 heavy (non-hydrogen) atoms. The van der Waals surface area contributed by atoms with Crippen LogP contribution in [0.4, 0.5) is 4.79 Å². The zero-order valence-corrected chi connectivity index (χ0v) is 32.5. The van der Waals surface area contributed by atoms with E-state index in [1.807, 2.05) is 80.3 Å². The normalized spacial score (nSPS) is 9.88. The summed E-state index contributed by atoms with van der Waals surface area (Å²) < 4.78 is 1.37. The molecule has 0 unspecified atom stereocenters. The van der Waals surface area contributed by atoms with Gasteiger partial charge in [-0.3, -0.25) is 19.8 Å². The first-order valence-electron chi connectivity index (χ1n) is 9.72. The van der Waals surface area contributed by atoms with Gasteiger partial charge in [-0.15, -0.1) is 0 Å². The Labute approximate surface area is 286 Å². The minimum atomic E-state index is -0.184. The molecule has 0 bridgehead atoms. The van der Waals surface area contributed by atoms with E-state index in [1.54, 1.807) is 0 Å². The molecule has 194 valence electrons. The van der Waals surface area contributed by atoms with Crippen LogP contribution in [0.25, 0.3) is 0 Å². The Bertz CT molecular complexity index is 511. The van der Waals surface area contributed by atoms with Gasteiger partial charge in [0.25, 0.3) is 0 Å². The molecule has 3 N–H and O–H groups in total. The summed E-state index contributed by atoms with van der Waals surface area (Å²) in [5.41, 5.74) is 0. The van der Waals surface area contributed by atoms with Gasteiger partial charge in [0.05, 0.1) is 55.4 Å². The molecule has 0 rings (SSSR count). The molecule has 0 aliphatic heterocycles. The minimum Gasteiger partial charge on any atom is -0.358 e. The molecule has 0 fully saturated rings. The van der Waals surface area contributed by atoms with Crippen molar-refractivity contribution in [3.8, 4) is 0 Å². The number of carbonyl (C=O) groups excluding carboxylic acids is 3. The molecule has 0 aromatic carbocycles. The van der Waals surface area contributed by atoms with E-state index in [9.17, 15) is 14.4 Å². The average Bonchev–Trinajstić information content (AvgIpc) is 2.53. The van der Waals surface area contributed by atoms with Crippen molar-refractivity contribution in [2.75, 3.05) is 97.0 Å². The summed E-state index contributed by atoms with van der Waals surface area (Å²) in [6.07, 6.45) is 0.429. The zero-order chi connectivity index (χ0) is 23.3. The van der Waals surface area contributed by atoms with Crippen LogP contribution in [0.2, 0.25) is 0 Å². The topological polar surface area (TPSA) is 93.8 Å². The second kappa shape index (κ2) is 27.6. The van der Waals surface area contributed by atoms with Crippen molar-refractivity contribution in [2.24, 2.45) is 0 Å². The number of nitrogens with one attached hydrogen (secondary N) is 3. The summed E-state index contributed by atoms with van der Waals surface area (Å²) in [6.45, 7) is 2.42. The molecule has 0 heterocycles. The van der Waals surface area contributed by atoms with Gasteiger partial charge in [-0.25, -0.2) is 4.79 Å². The third kappa shape index (κ3) is 46.8. The van der Waals surface area contributed by atoms with E-state index in [0.717, 1.165) is 4.48 Å². The molecular formula is C21H51N7O3Y3+3. The van der Waals surface area contributed by atoms with Gasteiger partial charge < -0.3 is 39.4 Å². The Balaban J connectivity index is -0.0000000759. The standard InChI is InChI=1S/C11H23N3O2.C8H20N4O.2CH3.3Y/c1-13(2)7-6-10(15)8-11(16)12-9-14(3,4)5;1-11(2)6-9-8(13)10-7-12(3,4)5;;;;;/h6-9H2,1-5H3;6-7H2,1-5H3,(H-,9,10,13);2*1H3;;;/q;;2*-1;;;+3/p+2. The number of carbonyl (C=O) groups is 3. The number of nitrogens with zero attached hydrogens (tertiary/aromatic N) is 4. The van der Waals surface area contributed by atoms with E-state index < -0.39 is 0 Å². The molecule has 2 radical (unpaired) electrons. The van der Waals surface area contributed by atoms with Crippen molar-refractivity contribution in [3.05, 3.63) is 14.9 Å². The van der Waals surface area contributed by atoms with Crippen molar-refractivity contribution >= 4 is 17.7 Å². The summed E-state index contributed by atoms with van der Waals surface area (Å²) in [6, 6.07) is -0.123. The van der Waals surface area contributed by atoms with Crippen molar-refractivity contribution in [3.63, 3.8) is 0 Å². The van der Waals surface area contributed by atoms with Gasteiger partial charge in [-0.1, -0.05) is 0 Å². The summed E-state index contributed by atoms with van der Waals surface area (Å²) in [4.78, 5) is 37.7. The first kappa shape index (κ1) is 52.1. The van der Waals surface area contributed by atoms with Gasteiger partial charge in [-0.05, 0) is 28.2 Å². The summed E-state index contributed by atoms with van der Waals surface area (Å²) in [5.74, 6) is -0.190. The molecule has 0 saturated carbocycles. The Morgan fingerprint density at radius 3 is 1.47 bits per heavy atom. The van der Waals surface area contributed by atoms with Crippen molar-refractivity contribution in [1.29, 1.82) is 0 Å². The van der Waals surface area contributed by atoms with Crippen LogP contribution >= 0.6 is 0 Å². The fraction of sp³-hybridized carbons (Fsp3) is 0.762. The van der Waals surface area contributed by atoms with Crippen LogP contribution in [-0.2, 0) is 108 Å². The summed E-state index contributed by atoms with van der Waals surface area (Å²) in [5, 5.41) is 8.23. The van der Waals surface area contributed by atoms with Gasteiger partial charge in [0, 0.05) is 78.4 Å². The summed E-state index contributed by atoms with van der Waals surface area (Å²) in [7, 11) is 19.6. The van der Waals surface area contributed by atoms with E-state index in [2.05, 4.69) is 16.0 Å². The predicted octanol–water partition coefficient (Wildman–Crippen LogP) is 0.0387. The number of quaternary nitrogens is 2. The Morgan fingerprint density at radius 1 is 0.706 bits per heavy atom. The third-order valence-corrected chi connectivity index (χ3v) is 3.22. The number of hydrogen-bond donors (Lipinski definition) is 3. The first-order chi connectivity index (χ1) is 13.0. The molecule has 13 heteroatoms. The van der Waals surface area contributed by atoms with Crippen molar-refractivity contribution in [2.45, 2.75) is 12.8 Å². The van der Waals surface area contributed by atoms with Gasteiger partial charge in [-0.2, -0.15) is 0 Å². The van der Waals surface area contributed by atoms with E-state index in [1.165, 1.54) is 0 Å². The second-order valence-corrected chi connectivity index (χ2v) is 9.69. The maximum absolute atomic E-state index is 11.4. The van der Waals surface area contributed by atoms with Crippen molar-refractivity contribution in [1.82, 2.24) is 25.8 Å². The molecule has 0 aliphatic carbocycles. The fourth-order valence-corrected chi connectivity index (χ4v) is 1.61. The number of rotatable bonds is 11. The smallest absolute Gasteiger partial charge is 0.358 e. The van der Waals surface area contributed by atoms with Crippen LogP contribution in [0.15, 0.2) is 0 Å². The van der Waals surface area contributed by atoms with Crippen LogP contribution in [0, 0.1) is 14.9 Å². The fourth-order valence-electron chi connectivity index (χ4n) is 1.61. The largest absolute Gasteiger partial charge is 3.00 e. The molecule has 0 spiro atoms. The molecule has 3 amide bonds. The Morgan fingerprint density at radius 2 is 1.12 bits per heavy atom. The molecule has 0 aliphatic rings. The Kier molecular flexibility index (Phi) is 42.3. The number of Topliss-reactive ketones (excluding diaryl/α,β-unsaturated/α-hetero) is 1. The minimum absolute atomic E-state index is 0. The summed E-state index contributed by atoms with van der Waals surface area (Å²) >= 11 is 0. The van der Waals surface area contributed by atoms with Gasteiger partial charge >= 0.3 is 38.7 Å². The van der Waals surface area contributed by atoms with E-state index in [4.69, 9.17) is 0 Å². The maximum atomic E-state index is 11.4. The molecule has 0 atom stereocenters. The third-order valence-electron chi connectivity index (χ3n) is 3.22. The molecule has 0 aromatic rings. The van der Waals surface area contributed by atoms with Crippen LogP contribution < -0.4 is 16.0 Å². The van der Waals surface area contributed by atoms with Crippen LogP contribution in [0.3, 0.4) is 0 Å². The van der Waals surface area contributed by atoms with Crippen LogP contribution in [0.1, 0.15) is 12.8 Å². The number of amides is 3. The van der Waals surface area contributed by atoms with E-state index in [0.29, 0.717) is 37.5 Å². The van der Waals surface area contributed by atoms with Gasteiger partial charge in [0.15, 0.2) is 13.3 Å². The maximum Gasteiger partial charge on any atom is 3.00 e. The Hall–Kier alpha value is 1.56. The first-order valence-corrected chi connectivity index (χ1v) is 9.72. The molecular weight excluding hydrogens is 665 g/mol. The van der Waals surface area contributed by atoms with Crippen molar-refractivity contribution < 1.29 is 121 Å². The van der Waals surface area contributed by atoms with E-state index in [-0.39, 0.29) is 137 Å². The second-order valence-electron chi connectivity index (χ2n) is 9.69. The number of urea groups is 1. The molecule has 0 aromatic heterocycles. The zero-order valence-electron chi connectivity index (χ0n) is 24.0. The molecule has 0 saturated heterocycles. The van der Waals surface area contributed by atoms with Crippen LogP contribution in [-0.4, -0.2) is 134 Å². The monoisotopic (exact) mass is 716 g/mol. The van der Waals surface area contributed by atoms with E-state index >= 15 is 0 Å². The SMILES string of the molecule is CN(C)CCC(=O)CC(=O)NC[N+](C)(C)C.CN(C)CNC(=O)NC[N+](C)(C)C.[CH3-].[CH3-].[Y+3].[Y].[Y]. The number of ketones is 1. The number of hydrogen-bond acceptors (Lipinski definition) is 5. The van der Waals surface area contributed by atoms with Gasteiger partial charge in [0.2, 0.25) is 5.91 Å².